The lowest BCUT2D eigenvalue weighted by Crippen LogP contribution is -1.96. The van der Waals surface area contributed by atoms with Gasteiger partial charge in [-0.15, -0.1) is 0 Å². The first-order valence-corrected chi connectivity index (χ1v) is 5.55. The second-order valence-electron chi connectivity index (χ2n) is 4.45. The smallest absolute Gasteiger partial charge is 0.230 e. The van der Waals surface area contributed by atoms with Crippen LogP contribution in [-0.2, 0) is 0 Å². The number of phenolic OH excluding ortho intramolecular Hbond substituents is 1. The highest BCUT2D eigenvalue weighted by atomic mass is 16.5. The third kappa shape index (κ3) is 1.86. The predicted octanol–water partition coefficient (Wildman–Crippen LogP) is 3.06. The highest BCUT2D eigenvalue weighted by Gasteiger charge is 2.19. The van der Waals surface area contributed by atoms with E-state index in [1.54, 1.807) is 0 Å². The zero-order valence-electron chi connectivity index (χ0n) is 10.2. The second-order valence-corrected chi connectivity index (χ2v) is 4.45. The van der Waals surface area contributed by atoms with E-state index in [4.69, 9.17) is 10.3 Å². The Labute approximate surface area is 100 Å². The van der Waals surface area contributed by atoms with E-state index in [9.17, 15) is 5.11 Å². The summed E-state index contributed by atoms with van der Waals surface area (Å²) in [7, 11) is 0. The molecule has 0 saturated carbocycles. The molecule has 0 fully saturated rings. The van der Waals surface area contributed by atoms with Gasteiger partial charge >= 0.3 is 0 Å². The van der Waals surface area contributed by atoms with Crippen LogP contribution < -0.4 is 5.73 Å². The number of anilines is 1. The van der Waals surface area contributed by atoms with Gasteiger partial charge in [0.05, 0.1) is 11.8 Å². The maximum atomic E-state index is 10.2. The standard InChI is InChI=1S/C13H16N2O2/c1-7(2)9-5-4-8(3)12(16)11(9)10-6-15-17-13(10)14/h4-7,16H,14H2,1-3H3. The van der Waals surface area contributed by atoms with Crippen molar-refractivity contribution in [1.82, 2.24) is 5.16 Å². The number of rotatable bonds is 2. The first-order valence-electron chi connectivity index (χ1n) is 5.55. The van der Waals surface area contributed by atoms with Gasteiger partial charge in [-0.05, 0) is 24.0 Å². The Balaban J connectivity index is 2.74. The van der Waals surface area contributed by atoms with Crippen molar-refractivity contribution in [3.63, 3.8) is 0 Å². The van der Waals surface area contributed by atoms with Crippen molar-refractivity contribution in [1.29, 1.82) is 0 Å². The molecule has 4 heteroatoms. The normalized spacial score (nSPS) is 11.1. The molecule has 2 rings (SSSR count). The molecule has 2 aromatic rings. The summed E-state index contributed by atoms with van der Waals surface area (Å²) >= 11 is 0. The molecule has 0 saturated heterocycles. The summed E-state index contributed by atoms with van der Waals surface area (Å²) in [4.78, 5) is 0. The van der Waals surface area contributed by atoms with Crippen molar-refractivity contribution in [2.24, 2.45) is 0 Å². The summed E-state index contributed by atoms with van der Waals surface area (Å²) in [6.07, 6.45) is 1.54. The molecular weight excluding hydrogens is 216 g/mol. The van der Waals surface area contributed by atoms with Gasteiger partial charge in [-0.3, -0.25) is 0 Å². The zero-order valence-corrected chi connectivity index (χ0v) is 10.2. The first kappa shape index (κ1) is 11.5. The van der Waals surface area contributed by atoms with Crippen LogP contribution in [0.25, 0.3) is 11.1 Å². The number of nitrogens with zero attached hydrogens (tertiary/aromatic N) is 1. The van der Waals surface area contributed by atoms with Crippen molar-refractivity contribution in [3.05, 3.63) is 29.5 Å². The van der Waals surface area contributed by atoms with Crippen LogP contribution in [0, 0.1) is 6.92 Å². The van der Waals surface area contributed by atoms with Crippen LogP contribution in [0.15, 0.2) is 22.9 Å². The molecule has 0 atom stereocenters. The van der Waals surface area contributed by atoms with Gasteiger partial charge in [0.15, 0.2) is 0 Å². The fraction of sp³-hybridized carbons (Fsp3) is 0.308. The molecule has 0 aliphatic heterocycles. The summed E-state index contributed by atoms with van der Waals surface area (Å²) in [6, 6.07) is 3.90. The van der Waals surface area contributed by atoms with Crippen molar-refractivity contribution >= 4 is 5.88 Å². The van der Waals surface area contributed by atoms with E-state index < -0.39 is 0 Å². The van der Waals surface area contributed by atoms with E-state index in [1.165, 1.54) is 6.20 Å². The van der Waals surface area contributed by atoms with Crippen LogP contribution >= 0.6 is 0 Å². The topological polar surface area (TPSA) is 72.3 Å². The second kappa shape index (κ2) is 4.13. The minimum absolute atomic E-state index is 0.229. The fourth-order valence-corrected chi connectivity index (χ4v) is 1.91. The van der Waals surface area contributed by atoms with Crippen LogP contribution in [0.4, 0.5) is 5.88 Å². The molecule has 0 radical (unpaired) electrons. The van der Waals surface area contributed by atoms with Crippen molar-refractivity contribution < 1.29 is 9.63 Å². The Morgan fingerprint density at radius 2 is 2.06 bits per heavy atom. The van der Waals surface area contributed by atoms with Crippen LogP contribution in [-0.4, -0.2) is 10.3 Å². The summed E-state index contributed by atoms with van der Waals surface area (Å²) < 4.78 is 4.87. The van der Waals surface area contributed by atoms with E-state index in [1.807, 2.05) is 19.1 Å². The molecule has 3 N–H and O–H groups in total. The van der Waals surface area contributed by atoms with Gasteiger partial charge in [0.2, 0.25) is 5.88 Å². The van der Waals surface area contributed by atoms with E-state index in [0.717, 1.165) is 16.7 Å². The van der Waals surface area contributed by atoms with Gasteiger partial charge in [0.25, 0.3) is 0 Å². The number of benzene rings is 1. The van der Waals surface area contributed by atoms with Gasteiger partial charge in [-0.25, -0.2) is 0 Å². The summed E-state index contributed by atoms with van der Waals surface area (Å²) in [5.74, 6) is 0.754. The van der Waals surface area contributed by atoms with Crippen molar-refractivity contribution in [2.45, 2.75) is 26.7 Å². The molecule has 1 heterocycles. The highest BCUT2D eigenvalue weighted by Crippen LogP contribution is 2.40. The molecule has 0 aliphatic carbocycles. The largest absolute Gasteiger partial charge is 0.507 e. The fourth-order valence-electron chi connectivity index (χ4n) is 1.91. The maximum absolute atomic E-state index is 10.2. The number of hydrogen-bond donors (Lipinski definition) is 2. The molecule has 17 heavy (non-hydrogen) atoms. The number of aromatic hydroxyl groups is 1. The molecule has 90 valence electrons. The molecular formula is C13H16N2O2. The quantitative estimate of drug-likeness (QED) is 0.834. The number of nitrogens with two attached hydrogens (primary N) is 1. The van der Waals surface area contributed by atoms with Crippen LogP contribution in [0.3, 0.4) is 0 Å². The lowest BCUT2D eigenvalue weighted by molar-refractivity contribution is 0.436. The summed E-state index contributed by atoms with van der Waals surface area (Å²) in [5.41, 5.74) is 8.93. The molecule has 0 amide bonds. The van der Waals surface area contributed by atoms with Gasteiger partial charge in [-0.1, -0.05) is 31.1 Å². The zero-order chi connectivity index (χ0) is 12.6. The Kier molecular flexibility index (Phi) is 2.79. The third-order valence-electron chi connectivity index (χ3n) is 2.90. The van der Waals surface area contributed by atoms with Crippen molar-refractivity contribution in [3.8, 4) is 16.9 Å². The maximum Gasteiger partial charge on any atom is 0.230 e. The van der Waals surface area contributed by atoms with Crippen LogP contribution in [0.5, 0.6) is 5.75 Å². The minimum atomic E-state index is 0.229. The molecule has 1 aromatic carbocycles. The molecule has 1 aromatic heterocycles. The number of aryl methyl sites for hydroxylation is 1. The third-order valence-corrected chi connectivity index (χ3v) is 2.90. The van der Waals surface area contributed by atoms with E-state index in [-0.39, 0.29) is 17.6 Å². The average Bonchev–Trinajstić information content (AvgIpc) is 2.68. The first-order chi connectivity index (χ1) is 8.02. The predicted molar refractivity (Wildman–Crippen MR) is 66.8 cm³/mol. The van der Waals surface area contributed by atoms with E-state index in [0.29, 0.717) is 5.56 Å². The van der Waals surface area contributed by atoms with Gasteiger partial charge in [0, 0.05) is 5.56 Å². The molecule has 4 nitrogen and oxygen atoms in total. The van der Waals surface area contributed by atoms with E-state index in [2.05, 4.69) is 19.0 Å². The lowest BCUT2D eigenvalue weighted by atomic mass is 9.91. The Morgan fingerprint density at radius 3 is 2.59 bits per heavy atom. The molecule has 0 spiro atoms. The van der Waals surface area contributed by atoms with E-state index >= 15 is 0 Å². The van der Waals surface area contributed by atoms with Gasteiger partial charge in [0.1, 0.15) is 5.75 Å². The van der Waals surface area contributed by atoms with Gasteiger partial charge in [-0.2, -0.15) is 0 Å². The molecule has 0 bridgehead atoms. The molecule has 0 unspecified atom stereocenters. The van der Waals surface area contributed by atoms with Crippen LogP contribution in [0.1, 0.15) is 30.9 Å². The number of phenols is 1. The Hall–Kier alpha value is -1.97. The average molecular weight is 232 g/mol. The number of aromatic nitrogens is 1. The monoisotopic (exact) mass is 232 g/mol. The Bertz CT molecular complexity index is 544. The SMILES string of the molecule is Cc1ccc(C(C)C)c(-c2cnoc2N)c1O. The van der Waals surface area contributed by atoms with Crippen LogP contribution in [0.2, 0.25) is 0 Å². The minimum Gasteiger partial charge on any atom is -0.507 e. The summed E-state index contributed by atoms with van der Waals surface area (Å²) in [5, 5.41) is 13.9. The number of nitrogen functional groups attached to an aromatic ring is 1. The van der Waals surface area contributed by atoms with Gasteiger partial charge < -0.3 is 15.4 Å². The summed E-state index contributed by atoms with van der Waals surface area (Å²) in [6.45, 7) is 5.99. The molecule has 0 aliphatic rings. The lowest BCUT2D eigenvalue weighted by Gasteiger charge is -2.15. The Morgan fingerprint density at radius 1 is 1.35 bits per heavy atom. The highest BCUT2D eigenvalue weighted by molar-refractivity contribution is 5.81. The van der Waals surface area contributed by atoms with Crippen molar-refractivity contribution in [2.75, 3.05) is 5.73 Å². The number of hydrogen-bond acceptors (Lipinski definition) is 4.